The second-order valence-electron chi connectivity index (χ2n) is 7.04. The molecule has 9 heteroatoms. The molecule has 2 aromatic heterocycles. The van der Waals surface area contributed by atoms with Crippen molar-refractivity contribution in [2.45, 2.75) is 33.5 Å². The van der Waals surface area contributed by atoms with Gasteiger partial charge in [-0.3, -0.25) is 14.4 Å². The number of carbonyl (C=O) groups is 1. The molecule has 0 radical (unpaired) electrons. The van der Waals surface area contributed by atoms with E-state index in [1.165, 1.54) is 4.90 Å². The van der Waals surface area contributed by atoms with Crippen LogP contribution >= 0.6 is 23.8 Å². The number of nitrogens with one attached hydrogen (secondary N) is 1. The van der Waals surface area contributed by atoms with E-state index in [1.807, 2.05) is 38.2 Å². The molecule has 7 nitrogen and oxygen atoms in total. The molecular formula is C22H21ClN4O3S. The lowest BCUT2D eigenvalue weighted by Crippen LogP contribution is -2.29. The second kappa shape index (κ2) is 8.95. The van der Waals surface area contributed by atoms with Gasteiger partial charge in [0.15, 0.2) is 5.11 Å². The first kappa shape index (κ1) is 21.1. The molecule has 1 aromatic carbocycles. The number of benzene rings is 1. The van der Waals surface area contributed by atoms with Crippen LogP contribution in [0.15, 0.2) is 52.8 Å². The molecule has 0 spiro atoms. The van der Waals surface area contributed by atoms with Gasteiger partial charge in [-0.05, 0) is 50.3 Å². The summed E-state index contributed by atoms with van der Waals surface area (Å²) < 4.78 is 13.4. The first-order valence-corrected chi connectivity index (χ1v) is 10.6. The van der Waals surface area contributed by atoms with E-state index < -0.39 is 0 Å². The summed E-state index contributed by atoms with van der Waals surface area (Å²) >= 11 is 11.5. The number of rotatable bonds is 7. The van der Waals surface area contributed by atoms with Crippen LogP contribution in [0.25, 0.3) is 6.08 Å². The minimum Gasteiger partial charge on any atom is -0.485 e. The molecule has 4 rings (SSSR count). The summed E-state index contributed by atoms with van der Waals surface area (Å²) in [6.45, 7) is 5.28. The lowest BCUT2D eigenvalue weighted by atomic mass is 10.2. The largest absolute Gasteiger partial charge is 0.485 e. The molecule has 3 heterocycles. The standard InChI is InChI=1S/C22H21ClN4O3S/c1-3-26-11-15(10-24-26)12-27-21(28)19(25-22(27)31)9-16-7-8-17(30-16)13-29-20-6-4-5-18(23)14(20)2/h4-11H,3,12-13H2,1-2H3,(H,25,31)/b19-9+. The van der Waals surface area contributed by atoms with Gasteiger partial charge in [0.05, 0.1) is 12.7 Å². The van der Waals surface area contributed by atoms with E-state index in [1.54, 1.807) is 29.1 Å². The van der Waals surface area contributed by atoms with Crippen LogP contribution in [-0.2, 0) is 24.5 Å². The van der Waals surface area contributed by atoms with E-state index in [9.17, 15) is 4.79 Å². The van der Waals surface area contributed by atoms with Crippen molar-refractivity contribution < 1.29 is 13.9 Å². The number of nitrogens with zero attached hydrogens (tertiary/aromatic N) is 3. The van der Waals surface area contributed by atoms with Gasteiger partial charge in [-0.15, -0.1) is 0 Å². The van der Waals surface area contributed by atoms with E-state index in [0.29, 0.717) is 39.6 Å². The first-order valence-electron chi connectivity index (χ1n) is 9.77. The van der Waals surface area contributed by atoms with E-state index in [-0.39, 0.29) is 12.5 Å². The Morgan fingerprint density at radius 2 is 2.16 bits per heavy atom. The van der Waals surface area contributed by atoms with E-state index >= 15 is 0 Å². The summed E-state index contributed by atoms with van der Waals surface area (Å²) in [4.78, 5) is 14.3. The van der Waals surface area contributed by atoms with Gasteiger partial charge in [-0.25, -0.2) is 0 Å². The number of ether oxygens (including phenoxy) is 1. The maximum atomic E-state index is 12.8. The average Bonchev–Trinajstić information content (AvgIpc) is 3.46. The Balaban J connectivity index is 1.42. The monoisotopic (exact) mass is 456 g/mol. The molecular weight excluding hydrogens is 436 g/mol. The van der Waals surface area contributed by atoms with Gasteiger partial charge < -0.3 is 14.5 Å². The second-order valence-corrected chi connectivity index (χ2v) is 7.83. The van der Waals surface area contributed by atoms with E-state index in [0.717, 1.165) is 17.7 Å². The maximum Gasteiger partial charge on any atom is 0.276 e. The fourth-order valence-corrected chi connectivity index (χ4v) is 3.57. The SMILES string of the molecule is CCn1cc(CN2C(=O)/C(=C\c3ccc(COc4cccc(Cl)c4C)o3)NC2=S)cn1. The number of hydrogen-bond donors (Lipinski definition) is 1. The molecule has 1 N–H and O–H groups in total. The van der Waals surface area contributed by atoms with Crippen molar-refractivity contribution in [3.05, 3.63) is 76.1 Å². The smallest absolute Gasteiger partial charge is 0.276 e. The maximum absolute atomic E-state index is 12.8. The number of hydrogen-bond acceptors (Lipinski definition) is 5. The van der Waals surface area contributed by atoms with Crippen molar-refractivity contribution in [3.8, 4) is 5.75 Å². The van der Waals surface area contributed by atoms with Gasteiger partial charge in [-0.2, -0.15) is 5.10 Å². The predicted molar refractivity (Wildman–Crippen MR) is 121 cm³/mol. The Morgan fingerprint density at radius 1 is 1.32 bits per heavy atom. The van der Waals surface area contributed by atoms with Crippen molar-refractivity contribution >= 4 is 40.9 Å². The van der Waals surface area contributed by atoms with Crippen LogP contribution in [0.5, 0.6) is 5.75 Å². The van der Waals surface area contributed by atoms with E-state index in [2.05, 4.69) is 10.4 Å². The third kappa shape index (κ3) is 4.65. The minimum atomic E-state index is -0.210. The van der Waals surface area contributed by atoms with Gasteiger partial charge in [0.1, 0.15) is 29.6 Å². The van der Waals surface area contributed by atoms with Crippen LogP contribution in [0.1, 0.15) is 29.6 Å². The minimum absolute atomic E-state index is 0.210. The van der Waals surface area contributed by atoms with Crippen molar-refractivity contribution in [2.24, 2.45) is 0 Å². The quantitative estimate of drug-likeness (QED) is 0.422. The highest BCUT2D eigenvalue weighted by Crippen LogP contribution is 2.26. The van der Waals surface area contributed by atoms with Crippen LogP contribution < -0.4 is 10.1 Å². The molecule has 0 atom stereocenters. The fraction of sp³-hybridized carbons (Fsp3) is 0.227. The van der Waals surface area contributed by atoms with Crippen molar-refractivity contribution in [3.63, 3.8) is 0 Å². The van der Waals surface area contributed by atoms with Crippen molar-refractivity contribution in [2.75, 3.05) is 0 Å². The lowest BCUT2D eigenvalue weighted by Gasteiger charge is -2.12. The van der Waals surface area contributed by atoms with Gasteiger partial charge in [0.25, 0.3) is 5.91 Å². The number of carbonyl (C=O) groups excluding carboxylic acids is 1. The molecule has 160 valence electrons. The first-order chi connectivity index (χ1) is 14.9. The van der Waals surface area contributed by atoms with Gasteiger partial charge >= 0.3 is 0 Å². The Kier molecular flexibility index (Phi) is 6.11. The zero-order chi connectivity index (χ0) is 22.0. The highest BCUT2D eigenvalue weighted by Gasteiger charge is 2.31. The Morgan fingerprint density at radius 3 is 2.94 bits per heavy atom. The molecule has 31 heavy (non-hydrogen) atoms. The highest BCUT2D eigenvalue weighted by molar-refractivity contribution is 7.80. The van der Waals surface area contributed by atoms with Crippen LogP contribution in [0, 0.1) is 6.92 Å². The number of aryl methyl sites for hydroxylation is 1. The Labute approximate surface area is 190 Å². The zero-order valence-corrected chi connectivity index (χ0v) is 18.7. The highest BCUT2D eigenvalue weighted by atomic mass is 35.5. The molecule has 0 unspecified atom stereocenters. The van der Waals surface area contributed by atoms with Crippen molar-refractivity contribution in [1.82, 2.24) is 20.0 Å². The summed E-state index contributed by atoms with van der Waals surface area (Å²) in [5, 5.41) is 8.19. The summed E-state index contributed by atoms with van der Waals surface area (Å²) in [7, 11) is 0. The summed E-state index contributed by atoms with van der Waals surface area (Å²) in [5.74, 6) is 1.64. The average molecular weight is 457 g/mol. The van der Waals surface area contributed by atoms with Crippen LogP contribution in [0.3, 0.4) is 0 Å². The number of halogens is 1. The molecule has 1 fully saturated rings. The fourth-order valence-electron chi connectivity index (χ4n) is 3.14. The van der Waals surface area contributed by atoms with E-state index in [4.69, 9.17) is 33.0 Å². The summed E-state index contributed by atoms with van der Waals surface area (Å²) in [5.41, 5.74) is 2.15. The number of furan rings is 1. The molecule has 3 aromatic rings. The molecule has 1 saturated heterocycles. The van der Waals surface area contributed by atoms with Crippen LogP contribution in [0.4, 0.5) is 0 Å². The third-order valence-corrected chi connectivity index (χ3v) is 5.60. The van der Waals surface area contributed by atoms with Crippen molar-refractivity contribution in [1.29, 1.82) is 0 Å². The molecule has 0 aliphatic carbocycles. The Bertz CT molecular complexity index is 1170. The molecule has 0 bridgehead atoms. The molecule has 0 saturated carbocycles. The summed E-state index contributed by atoms with van der Waals surface area (Å²) in [6, 6.07) is 9.09. The van der Waals surface area contributed by atoms with Gasteiger partial charge in [0.2, 0.25) is 0 Å². The van der Waals surface area contributed by atoms with Crippen LogP contribution in [-0.4, -0.2) is 25.7 Å². The normalized spacial score (nSPS) is 15.1. The summed E-state index contributed by atoms with van der Waals surface area (Å²) in [6.07, 6.45) is 5.28. The molecule has 1 aliphatic heterocycles. The Hall–Kier alpha value is -3.10. The van der Waals surface area contributed by atoms with Gasteiger partial charge in [-0.1, -0.05) is 17.7 Å². The molecule has 1 amide bonds. The topological polar surface area (TPSA) is 72.5 Å². The van der Waals surface area contributed by atoms with Gasteiger partial charge in [0, 0.05) is 35.0 Å². The predicted octanol–water partition coefficient (Wildman–Crippen LogP) is 4.29. The molecule has 1 aliphatic rings. The number of aromatic nitrogens is 2. The van der Waals surface area contributed by atoms with Crippen LogP contribution in [0.2, 0.25) is 5.02 Å². The zero-order valence-electron chi connectivity index (χ0n) is 17.1. The number of thiocarbonyl (C=S) groups is 1. The number of amides is 1. The third-order valence-electron chi connectivity index (χ3n) is 4.87. The lowest BCUT2D eigenvalue weighted by molar-refractivity contribution is -0.122.